The molecular formula is C10H20O4. The molecule has 14 heavy (non-hydrogen) atoms. The number of hydrogen-bond donors (Lipinski definition) is 3. The molecule has 0 aromatic carbocycles. The van der Waals surface area contributed by atoms with Crippen molar-refractivity contribution in [3.63, 3.8) is 0 Å². The van der Waals surface area contributed by atoms with E-state index >= 15 is 0 Å². The second-order valence-corrected chi connectivity index (χ2v) is 4.27. The highest BCUT2D eigenvalue weighted by Gasteiger charge is 2.33. The lowest BCUT2D eigenvalue weighted by Gasteiger charge is -2.25. The molecular weight excluding hydrogens is 184 g/mol. The van der Waals surface area contributed by atoms with Crippen LogP contribution in [0.15, 0.2) is 0 Å². The van der Waals surface area contributed by atoms with E-state index in [9.17, 15) is 9.90 Å². The van der Waals surface area contributed by atoms with Gasteiger partial charge in [0, 0.05) is 0 Å². The number of Topliss-reactive ketones (excluding diaryl/α,β-unsaturated/α-hetero) is 1. The van der Waals surface area contributed by atoms with Gasteiger partial charge < -0.3 is 15.3 Å². The van der Waals surface area contributed by atoms with Gasteiger partial charge in [-0.25, -0.2) is 0 Å². The van der Waals surface area contributed by atoms with Crippen molar-refractivity contribution in [2.24, 2.45) is 17.8 Å². The molecule has 0 saturated carbocycles. The molecule has 84 valence electrons. The zero-order valence-corrected chi connectivity index (χ0v) is 9.14. The summed E-state index contributed by atoms with van der Waals surface area (Å²) in [6, 6.07) is 0. The molecule has 3 N–H and O–H groups in total. The van der Waals surface area contributed by atoms with E-state index in [1.807, 2.05) is 0 Å². The van der Waals surface area contributed by atoms with Crippen molar-refractivity contribution >= 4 is 5.78 Å². The molecule has 0 heterocycles. The number of hydrogen-bond acceptors (Lipinski definition) is 4. The van der Waals surface area contributed by atoms with Gasteiger partial charge in [0.2, 0.25) is 0 Å². The molecule has 0 amide bonds. The van der Waals surface area contributed by atoms with Gasteiger partial charge in [0.25, 0.3) is 0 Å². The summed E-state index contributed by atoms with van der Waals surface area (Å²) in [5.41, 5.74) is 0. The molecule has 0 aliphatic heterocycles. The first-order valence-corrected chi connectivity index (χ1v) is 4.87. The predicted octanol–water partition coefficient (Wildman–Crippen LogP) is 0.155. The molecule has 2 unspecified atom stereocenters. The largest absolute Gasteiger partial charge is 0.385 e. The number of ketones is 1. The minimum atomic E-state index is -1.70. The van der Waals surface area contributed by atoms with Crippen molar-refractivity contribution in [1.29, 1.82) is 0 Å². The van der Waals surface area contributed by atoms with E-state index < -0.39 is 24.1 Å². The van der Waals surface area contributed by atoms with Crippen molar-refractivity contribution in [2.45, 2.75) is 40.1 Å². The summed E-state index contributed by atoms with van der Waals surface area (Å²) in [5, 5.41) is 27.5. The number of carbonyl (C=O) groups is 1. The first kappa shape index (κ1) is 13.5. The van der Waals surface area contributed by atoms with E-state index in [4.69, 9.17) is 10.2 Å². The van der Waals surface area contributed by atoms with E-state index in [2.05, 4.69) is 0 Å². The van der Waals surface area contributed by atoms with Crippen LogP contribution in [0.1, 0.15) is 27.7 Å². The van der Waals surface area contributed by atoms with E-state index in [1.54, 1.807) is 27.7 Å². The van der Waals surface area contributed by atoms with Gasteiger partial charge >= 0.3 is 0 Å². The van der Waals surface area contributed by atoms with Crippen LogP contribution in [0, 0.1) is 17.8 Å². The van der Waals surface area contributed by atoms with Gasteiger partial charge in [-0.3, -0.25) is 4.79 Å². The quantitative estimate of drug-likeness (QED) is 0.557. The summed E-state index contributed by atoms with van der Waals surface area (Å²) in [4.78, 5) is 11.6. The fraction of sp³-hybridized carbons (Fsp3) is 0.900. The number of aliphatic hydroxyl groups is 3. The highest BCUT2D eigenvalue weighted by molar-refractivity contribution is 5.85. The maximum Gasteiger partial charge on any atom is 0.169 e. The molecule has 4 nitrogen and oxygen atoms in total. The van der Waals surface area contributed by atoms with Crippen molar-refractivity contribution in [3.8, 4) is 0 Å². The molecule has 0 fully saturated rings. The Bertz CT molecular complexity index is 179. The van der Waals surface area contributed by atoms with Crippen molar-refractivity contribution in [2.75, 3.05) is 0 Å². The van der Waals surface area contributed by atoms with Crippen LogP contribution in [0.25, 0.3) is 0 Å². The Balaban J connectivity index is 4.60. The van der Waals surface area contributed by atoms with Gasteiger partial charge in [0.05, 0.1) is 5.92 Å². The Morgan fingerprint density at radius 3 is 1.57 bits per heavy atom. The van der Waals surface area contributed by atoms with Crippen LogP contribution in [-0.4, -0.2) is 33.5 Å². The lowest BCUT2D eigenvalue weighted by Crippen LogP contribution is -2.40. The Kier molecular flexibility index (Phi) is 5.26. The molecule has 0 aliphatic carbocycles. The lowest BCUT2D eigenvalue weighted by molar-refractivity contribution is -0.154. The number of carbonyl (C=O) groups excluding carboxylic acids is 1. The molecule has 0 spiro atoms. The normalized spacial score (nSPS) is 16.4. The Morgan fingerprint density at radius 2 is 1.36 bits per heavy atom. The predicted molar refractivity (Wildman–Crippen MR) is 52.4 cm³/mol. The fourth-order valence-corrected chi connectivity index (χ4v) is 1.35. The number of rotatable bonds is 5. The summed E-state index contributed by atoms with van der Waals surface area (Å²) in [7, 11) is 0. The van der Waals surface area contributed by atoms with E-state index in [-0.39, 0.29) is 11.8 Å². The summed E-state index contributed by atoms with van der Waals surface area (Å²) in [6.45, 7) is 6.86. The summed E-state index contributed by atoms with van der Waals surface area (Å²) >= 11 is 0. The maximum absolute atomic E-state index is 11.6. The maximum atomic E-state index is 11.6. The van der Waals surface area contributed by atoms with Gasteiger partial charge in [0.1, 0.15) is 6.10 Å². The first-order chi connectivity index (χ1) is 6.29. The van der Waals surface area contributed by atoms with Gasteiger partial charge in [0.15, 0.2) is 12.1 Å². The smallest absolute Gasteiger partial charge is 0.169 e. The summed E-state index contributed by atoms with van der Waals surface area (Å²) in [6.07, 6.45) is -2.82. The van der Waals surface area contributed by atoms with Crippen LogP contribution in [-0.2, 0) is 4.79 Å². The molecule has 4 heteroatoms. The standard InChI is InChI=1S/C10H20O4/c1-5(2)7(10(13)14)9(12)8(11)6(3)4/h5-8,10-11,13-14H,1-4H3. The average molecular weight is 204 g/mol. The number of aliphatic hydroxyl groups excluding tert-OH is 2. The van der Waals surface area contributed by atoms with Crippen LogP contribution in [0.4, 0.5) is 0 Å². The van der Waals surface area contributed by atoms with E-state index in [0.29, 0.717) is 0 Å². The van der Waals surface area contributed by atoms with Crippen LogP contribution < -0.4 is 0 Å². The van der Waals surface area contributed by atoms with Crippen LogP contribution in [0.3, 0.4) is 0 Å². The third kappa shape index (κ3) is 3.36. The van der Waals surface area contributed by atoms with Crippen LogP contribution in [0.2, 0.25) is 0 Å². The van der Waals surface area contributed by atoms with E-state index in [0.717, 1.165) is 0 Å². The van der Waals surface area contributed by atoms with Crippen LogP contribution in [0.5, 0.6) is 0 Å². The van der Waals surface area contributed by atoms with Gasteiger partial charge in [-0.15, -0.1) is 0 Å². The van der Waals surface area contributed by atoms with Gasteiger partial charge in [-0.05, 0) is 11.8 Å². The van der Waals surface area contributed by atoms with Crippen molar-refractivity contribution in [3.05, 3.63) is 0 Å². The zero-order chi connectivity index (χ0) is 11.5. The molecule has 0 saturated heterocycles. The average Bonchev–Trinajstić information content (AvgIpc) is 2.01. The Morgan fingerprint density at radius 1 is 0.929 bits per heavy atom. The second-order valence-electron chi connectivity index (χ2n) is 4.27. The molecule has 0 aromatic heterocycles. The van der Waals surface area contributed by atoms with Crippen molar-refractivity contribution in [1.82, 2.24) is 0 Å². The second kappa shape index (κ2) is 5.44. The molecule has 0 aromatic rings. The zero-order valence-electron chi connectivity index (χ0n) is 9.14. The van der Waals surface area contributed by atoms with Gasteiger partial charge in [-0.1, -0.05) is 27.7 Å². The summed E-state index contributed by atoms with van der Waals surface area (Å²) in [5.74, 6) is -1.81. The molecule has 0 rings (SSSR count). The fourth-order valence-electron chi connectivity index (χ4n) is 1.35. The minimum Gasteiger partial charge on any atom is -0.385 e. The molecule has 0 radical (unpaired) electrons. The summed E-state index contributed by atoms with van der Waals surface area (Å²) < 4.78 is 0. The first-order valence-electron chi connectivity index (χ1n) is 4.87. The molecule has 0 bridgehead atoms. The SMILES string of the molecule is CC(C)C(O)C(=O)C(C(C)C)C(O)O. The Hall–Kier alpha value is -0.450. The lowest BCUT2D eigenvalue weighted by atomic mass is 9.85. The van der Waals surface area contributed by atoms with Crippen molar-refractivity contribution < 1.29 is 20.1 Å². The molecule has 0 aliphatic rings. The third-order valence-electron chi connectivity index (χ3n) is 2.29. The Labute approximate surface area is 84.6 Å². The third-order valence-corrected chi connectivity index (χ3v) is 2.29. The highest BCUT2D eigenvalue weighted by Crippen LogP contribution is 2.19. The topological polar surface area (TPSA) is 77.8 Å². The molecule has 2 atom stereocenters. The van der Waals surface area contributed by atoms with Gasteiger partial charge in [-0.2, -0.15) is 0 Å². The minimum absolute atomic E-state index is 0.198. The highest BCUT2D eigenvalue weighted by atomic mass is 16.5. The van der Waals surface area contributed by atoms with E-state index in [1.165, 1.54) is 0 Å². The van der Waals surface area contributed by atoms with Crippen LogP contribution >= 0.6 is 0 Å². The monoisotopic (exact) mass is 204 g/mol.